The van der Waals surface area contributed by atoms with Crippen molar-refractivity contribution in [1.29, 1.82) is 0 Å². The van der Waals surface area contributed by atoms with Gasteiger partial charge >= 0.3 is 0 Å². The van der Waals surface area contributed by atoms with Gasteiger partial charge < -0.3 is 10.1 Å². The molecule has 1 heterocycles. The van der Waals surface area contributed by atoms with Gasteiger partial charge in [0.2, 0.25) is 5.91 Å². The predicted octanol–water partition coefficient (Wildman–Crippen LogP) is 4.19. The zero-order chi connectivity index (χ0) is 17.8. The molecule has 0 radical (unpaired) electrons. The van der Waals surface area contributed by atoms with E-state index in [9.17, 15) is 9.59 Å². The number of nitrogens with zero attached hydrogens (tertiary/aromatic N) is 1. The van der Waals surface area contributed by atoms with E-state index >= 15 is 0 Å². The molecule has 1 aromatic carbocycles. The first-order valence-electron chi connectivity index (χ1n) is 7.97. The Labute approximate surface area is 154 Å². The van der Waals surface area contributed by atoms with E-state index in [1.165, 1.54) is 24.5 Å². The zero-order valence-electron chi connectivity index (χ0n) is 13.7. The molecule has 2 amide bonds. The molecule has 0 atom stereocenters. The second kappa shape index (κ2) is 7.84. The number of hydrogen-bond donors (Lipinski definition) is 2. The summed E-state index contributed by atoms with van der Waals surface area (Å²) >= 11 is 7.59. The van der Waals surface area contributed by atoms with Gasteiger partial charge in [0.1, 0.15) is 5.75 Å². The summed E-state index contributed by atoms with van der Waals surface area (Å²) in [7, 11) is 1.46. The number of carbonyl (C=O) groups excluding carboxylic acids is 2. The summed E-state index contributed by atoms with van der Waals surface area (Å²) in [5.41, 5.74) is 0.725. The van der Waals surface area contributed by atoms with Crippen LogP contribution >= 0.6 is 22.9 Å². The van der Waals surface area contributed by atoms with Crippen LogP contribution in [0.2, 0.25) is 5.02 Å². The lowest BCUT2D eigenvalue weighted by Gasteiger charge is -2.15. The summed E-state index contributed by atoms with van der Waals surface area (Å²) in [6.45, 7) is 0. The highest BCUT2D eigenvalue weighted by Crippen LogP contribution is 2.33. The lowest BCUT2D eigenvalue weighted by atomic mass is 10.1. The van der Waals surface area contributed by atoms with Crippen molar-refractivity contribution in [2.75, 3.05) is 17.7 Å². The minimum Gasteiger partial charge on any atom is -0.496 e. The molecule has 132 valence electrons. The van der Waals surface area contributed by atoms with E-state index in [-0.39, 0.29) is 28.3 Å². The number of nitrogens with one attached hydrogen (secondary N) is 2. The van der Waals surface area contributed by atoms with E-state index in [1.54, 1.807) is 17.6 Å². The smallest absolute Gasteiger partial charge is 0.261 e. The molecule has 0 aliphatic heterocycles. The number of hydrogen-bond acceptors (Lipinski definition) is 5. The molecular weight excluding hydrogens is 362 g/mol. The quantitative estimate of drug-likeness (QED) is 0.816. The van der Waals surface area contributed by atoms with E-state index in [2.05, 4.69) is 15.6 Å². The molecule has 1 aromatic heterocycles. The monoisotopic (exact) mass is 379 g/mol. The van der Waals surface area contributed by atoms with Crippen LogP contribution in [0.1, 0.15) is 36.0 Å². The minimum atomic E-state index is -0.373. The standard InChI is InChI=1S/C17H18ClN3O3S/c1-24-14-9-13(20-15(22)10-4-2-3-5-10)12(18)8-11(14)16(23)21-17-19-6-7-25-17/h6-10H,2-5H2,1H3,(H,20,22)(H,19,21,23). The van der Waals surface area contributed by atoms with Crippen LogP contribution in [-0.2, 0) is 4.79 Å². The Hall–Kier alpha value is -2.12. The number of rotatable bonds is 5. The molecule has 1 fully saturated rings. The van der Waals surface area contributed by atoms with Crippen LogP contribution in [0.25, 0.3) is 0 Å². The summed E-state index contributed by atoms with van der Waals surface area (Å²) in [5, 5.41) is 8.07. The molecular formula is C17H18ClN3O3S. The van der Waals surface area contributed by atoms with E-state index < -0.39 is 0 Å². The molecule has 0 saturated heterocycles. The number of aromatic nitrogens is 1. The zero-order valence-corrected chi connectivity index (χ0v) is 15.2. The minimum absolute atomic E-state index is 0.0231. The van der Waals surface area contributed by atoms with Gasteiger partial charge in [-0.05, 0) is 18.9 Å². The number of anilines is 2. The summed E-state index contributed by atoms with van der Waals surface area (Å²) in [6.07, 6.45) is 5.55. The summed E-state index contributed by atoms with van der Waals surface area (Å²) in [6, 6.07) is 3.07. The van der Waals surface area contributed by atoms with Crippen molar-refractivity contribution in [3.63, 3.8) is 0 Å². The Bertz CT molecular complexity index is 774. The number of thiazole rings is 1. The van der Waals surface area contributed by atoms with Crippen LogP contribution in [-0.4, -0.2) is 23.9 Å². The molecule has 0 bridgehead atoms. The summed E-state index contributed by atoms with van der Waals surface area (Å²) < 4.78 is 5.30. The molecule has 1 aliphatic carbocycles. The fourth-order valence-corrected chi connectivity index (χ4v) is 3.60. The van der Waals surface area contributed by atoms with Gasteiger partial charge in [0.15, 0.2) is 5.13 Å². The normalized spacial score (nSPS) is 14.3. The third-order valence-corrected chi connectivity index (χ3v) is 5.17. The highest BCUT2D eigenvalue weighted by molar-refractivity contribution is 7.13. The van der Waals surface area contributed by atoms with Crippen LogP contribution in [0.5, 0.6) is 5.75 Å². The van der Waals surface area contributed by atoms with Crippen molar-refractivity contribution >= 4 is 45.6 Å². The second-order valence-electron chi connectivity index (χ2n) is 5.79. The fraction of sp³-hybridized carbons (Fsp3) is 0.353. The molecule has 6 nitrogen and oxygen atoms in total. The summed E-state index contributed by atoms with van der Waals surface area (Å²) in [5.74, 6) is -0.0565. The Morgan fingerprint density at radius 3 is 2.68 bits per heavy atom. The highest BCUT2D eigenvalue weighted by Gasteiger charge is 2.24. The predicted molar refractivity (Wildman–Crippen MR) is 98.7 cm³/mol. The maximum absolute atomic E-state index is 12.4. The Morgan fingerprint density at radius 2 is 2.04 bits per heavy atom. The van der Waals surface area contributed by atoms with Crippen LogP contribution in [0.4, 0.5) is 10.8 Å². The Morgan fingerprint density at radius 1 is 1.28 bits per heavy atom. The van der Waals surface area contributed by atoms with Crippen LogP contribution < -0.4 is 15.4 Å². The number of methoxy groups -OCH3 is 1. The average molecular weight is 380 g/mol. The molecule has 2 aromatic rings. The molecule has 0 unspecified atom stereocenters. The first-order chi connectivity index (χ1) is 12.1. The average Bonchev–Trinajstić information content (AvgIpc) is 3.29. The van der Waals surface area contributed by atoms with Crippen molar-refractivity contribution in [3.05, 3.63) is 34.3 Å². The number of ether oxygens (including phenoxy) is 1. The number of amides is 2. The maximum atomic E-state index is 12.4. The van der Waals surface area contributed by atoms with Crippen LogP contribution in [0, 0.1) is 5.92 Å². The van der Waals surface area contributed by atoms with Gasteiger partial charge in [-0.2, -0.15) is 0 Å². The SMILES string of the molecule is COc1cc(NC(=O)C2CCCC2)c(Cl)cc1C(=O)Nc1nccs1. The van der Waals surface area contributed by atoms with Crippen molar-refractivity contribution in [3.8, 4) is 5.75 Å². The van der Waals surface area contributed by atoms with Gasteiger partial charge in [-0.25, -0.2) is 4.98 Å². The van der Waals surface area contributed by atoms with E-state index in [1.807, 2.05) is 0 Å². The molecule has 1 saturated carbocycles. The van der Waals surface area contributed by atoms with Crippen molar-refractivity contribution in [1.82, 2.24) is 4.98 Å². The topological polar surface area (TPSA) is 80.3 Å². The van der Waals surface area contributed by atoms with Crippen LogP contribution in [0.15, 0.2) is 23.7 Å². The van der Waals surface area contributed by atoms with E-state index in [0.717, 1.165) is 25.7 Å². The fourth-order valence-electron chi connectivity index (χ4n) is 2.87. The van der Waals surface area contributed by atoms with Crippen molar-refractivity contribution in [2.45, 2.75) is 25.7 Å². The van der Waals surface area contributed by atoms with E-state index in [4.69, 9.17) is 16.3 Å². The summed E-state index contributed by atoms with van der Waals surface area (Å²) in [4.78, 5) is 28.7. The largest absolute Gasteiger partial charge is 0.496 e. The molecule has 2 N–H and O–H groups in total. The molecule has 3 rings (SSSR count). The van der Waals surface area contributed by atoms with Gasteiger partial charge in [-0.3, -0.25) is 14.9 Å². The van der Waals surface area contributed by atoms with Crippen molar-refractivity contribution < 1.29 is 14.3 Å². The van der Waals surface area contributed by atoms with Gasteiger partial charge in [0.25, 0.3) is 5.91 Å². The van der Waals surface area contributed by atoms with Gasteiger partial charge in [0.05, 0.1) is 23.4 Å². The third-order valence-electron chi connectivity index (χ3n) is 4.17. The molecule has 1 aliphatic rings. The number of carbonyl (C=O) groups is 2. The second-order valence-corrected chi connectivity index (χ2v) is 7.10. The number of halogens is 1. The van der Waals surface area contributed by atoms with Gasteiger partial charge in [0, 0.05) is 23.6 Å². The number of benzene rings is 1. The van der Waals surface area contributed by atoms with Gasteiger partial charge in [-0.15, -0.1) is 11.3 Å². The third kappa shape index (κ3) is 4.11. The highest BCUT2D eigenvalue weighted by atomic mass is 35.5. The van der Waals surface area contributed by atoms with Crippen LogP contribution in [0.3, 0.4) is 0 Å². The Balaban J connectivity index is 1.80. The molecule has 0 spiro atoms. The molecule has 25 heavy (non-hydrogen) atoms. The first kappa shape index (κ1) is 17.7. The van der Waals surface area contributed by atoms with Gasteiger partial charge in [-0.1, -0.05) is 24.4 Å². The van der Waals surface area contributed by atoms with E-state index in [0.29, 0.717) is 16.6 Å². The maximum Gasteiger partial charge on any atom is 0.261 e. The lowest BCUT2D eigenvalue weighted by Crippen LogP contribution is -2.21. The van der Waals surface area contributed by atoms with Crippen molar-refractivity contribution in [2.24, 2.45) is 5.92 Å². The molecule has 8 heteroatoms. The Kier molecular flexibility index (Phi) is 5.55. The lowest BCUT2D eigenvalue weighted by molar-refractivity contribution is -0.119. The first-order valence-corrected chi connectivity index (χ1v) is 9.23.